The molecule has 0 N–H and O–H groups in total. The largest absolute Gasteiger partial charge is 0.492 e. The number of hydrogen-bond acceptors (Lipinski definition) is 4. The molecule has 0 aromatic heterocycles. The van der Waals surface area contributed by atoms with Gasteiger partial charge in [-0.15, -0.1) is 0 Å². The van der Waals surface area contributed by atoms with Gasteiger partial charge in [-0.05, 0) is 34.3 Å². The van der Waals surface area contributed by atoms with Crippen LogP contribution in [0.3, 0.4) is 0 Å². The number of hydrogen-bond donors (Lipinski definition) is 0. The second-order valence-electron chi connectivity index (χ2n) is 4.15. The summed E-state index contributed by atoms with van der Waals surface area (Å²) >= 11 is 3.47. The number of methoxy groups -OCH3 is 3. The Bertz CT molecular complexity index is 483. The van der Waals surface area contributed by atoms with Crippen molar-refractivity contribution in [1.82, 2.24) is 0 Å². The number of benzene rings is 1. The number of rotatable bonds is 6. The van der Waals surface area contributed by atoms with Gasteiger partial charge in [0.2, 0.25) is 5.75 Å². The van der Waals surface area contributed by atoms with E-state index < -0.39 is 0 Å². The molecule has 0 bridgehead atoms. The second kappa shape index (κ2) is 7.25. The molecule has 19 heavy (non-hydrogen) atoms. The molecule has 0 saturated carbocycles. The van der Waals surface area contributed by atoms with Gasteiger partial charge in [0.25, 0.3) is 0 Å². The lowest BCUT2D eigenvalue weighted by Gasteiger charge is -2.20. The number of halogens is 1. The Kier molecular flexibility index (Phi) is 5.97. The molecule has 0 radical (unpaired) electrons. The van der Waals surface area contributed by atoms with Crippen molar-refractivity contribution in [3.63, 3.8) is 0 Å². The van der Waals surface area contributed by atoms with Crippen LogP contribution in [0.25, 0.3) is 0 Å². The molecule has 4 nitrogen and oxygen atoms in total. The molecule has 0 fully saturated rings. The lowest BCUT2D eigenvalue weighted by atomic mass is 9.95. The lowest BCUT2D eigenvalue weighted by Crippen LogP contribution is -2.02. The molecule has 1 unspecified atom stereocenters. The molecule has 0 aliphatic carbocycles. The third-order valence-electron chi connectivity index (χ3n) is 3.01. The highest BCUT2D eigenvalue weighted by molar-refractivity contribution is 9.10. The van der Waals surface area contributed by atoms with E-state index in [1.165, 1.54) is 0 Å². The Hall–Kier alpha value is -1.41. The van der Waals surface area contributed by atoms with Gasteiger partial charge in [0, 0.05) is 12.0 Å². The number of nitriles is 1. The first-order valence-electron chi connectivity index (χ1n) is 5.95. The van der Waals surface area contributed by atoms with Gasteiger partial charge in [0.05, 0.1) is 31.9 Å². The van der Waals surface area contributed by atoms with Crippen LogP contribution in [0.2, 0.25) is 0 Å². The minimum Gasteiger partial charge on any atom is -0.492 e. The fraction of sp³-hybridized carbons (Fsp3) is 0.500. The molecule has 1 rings (SSSR count). The summed E-state index contributed by atoms with van der Waals surface area (Å²) in [5.74, 6) is 2.03. The first kappa shape index (κ1) is 15.6. The van der Waals surface area contributed by atoms with Crippen LogP contribution in [0, 0.1) is 11.3 Å². The Morgan fingerprint density at radius 2 is 1.74 bits per heavy atom. The summed E-state index contributed by atoms with van der Waals surface area (Å²) in [5.41, 5.74) is 1.00. The summed E-state index contributed by atoms with van der Waals surface area (Å²) in [6.45, 7) is 2.06. The maximum absolute atomic E-state index is 8.69. The third-order valence-corrected chi connectivity index (χ3v) is 3.60. The topological polar surface area (TPSA) is 51.5 Å². The van der Waals surface area contributed by atoms with E-state index in [1.54, 1.807) is 21.3 Å². The molecule has 1 atom stereocenters. The summed E-state index contributed by atoms with van der Waals surface area (Å²) in [6.07, 6.45) is 1.28. The van der Waals surface area contributed by atoms with E-state index in [0.29, 0.717) is 23.7 Å². The molecular weight excluding hydrogens is 310 g/mol. The highest BCUT2D eigenvalue weighted by atomic mass is 79.9. The molecule has 0 aliphatic rings. The van der Waals surface area contributed by atoms with Crippen molar-refractivity contribution in [3.05, 3.63) is 16.1 Å². The summed E-state index contributed by atoms with van der Waals surface area (Å²) < 4.78 is 17.0. The van der Waals surface area contributed by atoms with Crippen molar-refractivity contribution in [2.75, 3.05) is 21.3 Å². The minimum atomic E-state index is 0.200. The van der Waals surface area contributed by atoms with Crippen molar-refractivity contribution in [2.24, 2.45) is 0 Å². The summed E-state index contributed by atoms with van der Waals surface area (Å²) in [7, 11) is 4.77. The van der Waals surface area contributed by atoms with E-state index in [0.717, 1.165) is 16.5 Å². The predicted octanol–water partition coefficient (Wildman–Crippen LogP) is 3.88. The van der Waals surface area contributed by atoms with Crippen LogP contribution < -0.4 is 14.2 Å². The summed E-state index contributed by atoms with van der Waals surface area (Å²) in [5, 5.41) is 8.69. The maximum Gasteiger partial charge on any atom is 0.204 e. The van der Waals surface area contributed by atoms with Crippen LogP contribution in [0.1, 0.15) is 31.2 Å². The van der Waals surface area contributed by atoms with Crippen molar-refractivity contribution < 1.29 is 14.2 Å². The Morgan fingerprint density at radius 1 is 1.16 bits per heavy atom. The van der Waals surface area contributed by atoms with E-state index in [1.807, 2.05) is 6.07 Å². The second-order valence-corrected chi connectivity index (χ2v) is 5.00. The average Bonchev–Trinajstić information content (AvgIpc) is 2.43. The Labute approximate surface area is 122 Å². The van der Waals surface area contributed by atoms with Crippen LogP contribution in [0.4, 0.5) is 0 Å². The maximum atomic E-state index is 8.69. The standard InChI is InChI=1S/C14H18BrNO3/c1-9(6-5-7-16)10-8-11(15)13(18-3)14(19-4)12(10)17-2/h8-9H,5-6H2,1-4H3. The fourth-order valence-corrected chi connectivity index (χ4v) is 2.59. The monoisotopic (exact) mass is 327 g/mol. The molecule has 0 saturated heterocycles. The first-order chi connectivity index (χ1) is 9.10. The molecule has 5 heteroatoms. The van der Waals surface area contributed by atoms with Gasteiger partial charge in [-0.25, -0.2) is 0 Å². The van der Waals surface area contributed by atoms with E-state index in [-0.39, 0.29) is 5.92 Å². The zero-order valence-corrected chi connectivity index (χ0v) is 13.2. The van der Waals surface area contributed by atoms with Crippen molar-refractivity contribution in [2.45, 2.75) is 25.7 Å². The lowest BCUT2D eigenvalue weighted by molar-refractivity contribution is 0.319. The van der Waals surface area contributed by atoms with Crippen LogP contribution >= 0.6 is 15.9 Å². The molecular formula is C14H18BrNO3. The quantitative estimate of drug-likeness (QED) is 0.795. The van der Waals surface area contributed by atoms with Crippen molar-refractivity contribution in [1.29, 1.82) is 5.26 Å². The van der Waals surface area contributed by atoms with Gasteiger partial charge in [0.1, 0.15) is 0 Å². The van der Waals surface area contributed by atoms with Crippen molar-refractivity contribution >= 4 is 15.9 Å². The van der Waals surface area contributed by atoms with Gasteiger partial charge in [-0.1, -0.05) is 6.92 Å². The zero-order valence-electron chi connectivity index (χ0n) is 11.6. The third kappa shape index (κ3) is 3.32. The minimum absolute atomic E-state index is 0.200. The van der Waals surface area contributed by atoms with Crippen LogP contribution in [0.5, 0.6) is 17.2 Å². The number of nitrogens with zero attached hydrogens (tertiary/aromatic N) is 1. The molecule has 0 aliphatic heterocycles. The molecule has 104 valence electrons. The van der Waals surface area contributed by atoms with Crippen molar-refractivity contribution in [3.8, 4) is 23.3 Å². The molecule has 0 heterocycles. The van der Waals surface area contributed by atoms with E-state index >= 15 is 0 Å². The normalized spacial score (nSPS) is 11.6. The smallest absolute Gasteiger partial charge is 0.204 e. The Morgan fingerprint density at radius 3 is 2.21 bits per heavy atom. The van der Waals surface area contributed by atoms with Gasteiger partial charge < -0.3 is 14.2 Å². The molecule has 0 amide bonds. The van der Waals surface area contributed by atoms with Crippen LogP contribution in [0.15, 0.2) is 10.5 Å². The van der Waals surface area contributed by atoms with Gasteiger partial charge in [-0.3, -0.25) is 0 Å². The average molecular weight is 328 g/mol. The zero-order chi connectivity index (χ0) is 14.4. The van der Waals surface area contributed by atoms with Crippen LogP contribution in [-0.2, 0) is 0 Å². The van der Waals surface area contributed by atoms with Gasteiger partial charge in [0.15, 0.2) is 11.5 Å². The summed E-state index contributed by atoms with van der Waals surface area (Å²) in [6, 6.07) is 4.12. The Balaban J connectivity index is 3.32. The van der Waals surface area contributed by atoms with Gasteiger partial charge in [-0.2, -0.15) is 5.26 Å². The SMILES string of the molecule is COc1c(Br)cc(C(C)CCC#N)c(OC)c1OC. The van der Waals surface area contributed by atoms with E-state index in [4.69, 9.17) is 19.5 Å². The van der Waals surface area contributed by atoms with E-state index in [9.17, 15) is 0 Å². The van der Waals surface area contributed by atoms with E-state index in [2.05, 4.69) is 28.9 Å². The summed E-state index contributed by atoms with van der Waals surface area (Å²) in [4.78, 5) is 0. The molecule has 0 spiro atoms. The molecule has 1 aromatic rings. The van der Waals surface area contributed by atoms with Gasteiger partial charge >= 0.3 is 0 Å². The highest BCUT2D eigenvalue weighted by Gasteiger charge is 2.22. The highest BCUT2D eigenvalue weighted by Crippen LogP contribution is 2.47. The fourth-order valence-electron chi connectivity index (χ4n) is 2.00. The predicted molar refractivity (Wildman–Crippen MR) is 77.1 cm³/mol. The number of ether oxygens (including phenoxy) is 3. The molecule has 1 aromatic carbocycles. The first-order valence-corrected chi connectivity index (χ1v) is 6.75. The van der Waals surface area contributed by atoms with Crippen LogP contribution in [-0.4, -0.2) is 21.3 Å².